The second-order valence-electron chi connectivity index (χ2n) is 5.16. The Kier molecular flexibility index (Phi) is 8.10. The Morgan fingerprint density at radius 3 is 2.00 bits per heavy atom. The largest absolute Gasteiger partial charge is 0.481 e. The number of hydrogen-bond acceptors (Lipinski definition) is 6. The molecule has 0 bridgehead atoms. The Labute approximate surface area is 128 Å². The minimum Gasteiger partial charge on any atom is -0.481 e. The first-order valence-electron chi connectivity index (χ1n) is 6.83. The lowest BCUT2D eigenvalue weighted by Crippen LogP contribution is -2.54. The summed E-state index contributed by atoms with van der Waals surface area (Å²) >= 11 is 0. The van der Waals surface area contributed by atoms with E-state index in [1.54, 1.807) is 13.8 Å². The molecule has 22 heavy (non-hydrogen) atoms. The summed E-state index contributed by atoms with van der Waals surface area (Å²) in [7, 11) is 0. The van der Waals surface area contributed by atoms with Gasteiger partial charge in [0.2, 0.25) is 11.8 Å². The molecule has 0 radical (unpaired) electrons. The summed E-state index contributed by atoms with van der Waals surface area (Å²) in [5.41, 5.74) is 5.35. The van der Waals surface area contributed by atoms with Crippen LogP contribution in [0.1, 0.15) is 34.1 Å². The van der Waals surface area contributed by atoms with Gasteiger partial charge in [-0.2, -0.15) is 0 Å². The number of aliphatic carboxylic acids is 1. The average molecular weight is 317 g/mol. The van der Waals surface area contributed by atoms with E-state index in [0.29, 0.717) is 0 Å². The van der Waals surface area contributed by atoms with Crippen LogP contribution in [0.2, 0.25) is 0 Å². The lowest BCUT2D eigenvalue weighted by atomic mass is 10.1. The Morgan fingerprint density at radius 1 is 1.05 bits per heavy atom. The maximum absolute atomic E-state index is 12.0. The van der Waals surface area contributed by atoms with Crippen molar-refractivity contribution in [3.8, 4) is 0 Å². The molecule has 0 unspecified atom stereocenters. The standard InChI is InChI=1S/C13H23N3O6/c1-6(2)22-13(21)8(4)15-12(20)9(5-10(17)18)16-11(19)7(3)14/h6-9H,5,14H2,1-4H3,(H,15,20)(H,16,19)(H,17,18)/t7-,8-,9+/m1/s1. The van der Waals surface area contributed by atoms with Crippen LogP contribution in [0, 0.1) is 0 Å². The van der Waals surface area contributed by atoms with E-state index in [9.17, 15) is 19.2 Å². The van der Waals surface area contributed by atoms with E-state index >= 15 is 0 Å². The summed E-state index contributed by atoms with van der Waals surface area (Å²) in [6.45, 7) is 6.10. The molecule has 0 aromatic carbocycles. The minimum absolute atomic E-state index is 0.348. The van der Waals surface area contributed by atoms with E-state index in [4.69, 9.17) is 15.6 Å². The van der Waals surface area contributed by atoms with Crippen LogP contribution in [0.25, 0.3) is 0 Å². The molecule has 0 rings (SSSR count). The van der Waals surface area contributed by atoms with Gasteiger partial charge in [0, 0.05) is 0 Å². The van der Waals surface area contributed by atoms with Crippen LogP contribution in [-0.2, 0) is 23.9 Å². The van der Waals surface area contributed by atoms with E-state index < -0.39 is 48.3 Å². The van der Waals surface area contributed by atoms with Crippen LogP contribution < -0.4 is 16.4 Å². The van der Waals surface area contributed by atoms with E-state index in [0.717, 1.165) is 0 Å². The molecule has 9 heteroatoms. The van der Waals surface area contributed by atoms with E-state index in [1.165, 1.54) is 13.8 Å². The maximum Gasteiger partial charge on any atom is 0.328 e. The van der Waals surface area contributed by atoms with Gasteiger partial charge in [0.1, 0.15) is 12.1 Å². The summed E-state index contributed by atoms with van der Waals surface area (Å²) in [4.78, 5) is 45.9. The number of ether oxygens (including phenoxy) is 1. The van der Waals surface area contributed by atoms with E-state index in [-0.39, 0.29) is 6.10 Å². The van der Waals surface area contributed by atoms with Crippen LogP contribution >= 0.6 is 0 Å². The van der Waals surface area contributed by atoms with Gasteiger partial charge in [-0.3, -0.25) is 14.4 Å². The number of esters is 1. The summed E-state index contributed by atoms with van der Waals surface area (Å²) in [5.74, 6) is -3.40. The number of hydrogen-bond donors (Lipinski definition) is 4. The lowest BCUT2D eigenvalue weighted by Gasteiger charge is -2.21. The van der Waals surface area contributed by atoms with E-state index in [2.05, 4.69) is 10.6 Å². The average Bonchev–Trinajstić information content (AvgIpc) is 2.35. The SMILES string of the molecule is CC(C)OC(=O)[C@@H](C)NC(=O)[C@H](CC(=O)O)NC(=O)[C@@H](C)N. The van der Waals surface area contributed by atoms with Crippen LogP contribution in [0.15, 0.2) is 0 Å². The number of carbonyl (C=O) groups excluding carboxylic acids is 3. The lowest BCUT2D eigenvalue weighted by molar-refractivity contribution is -0.151. The third-order valence-electron chi connectivity index (χ3n) is 2.49. The predicted molar refractivity (Wildman–Crippen MR) is 76.7 cm³/mol. The van der Waals surface area contributed by atoms with Gasteiger partial charge < -0.3 is 26.2 Å². The van der Waals surface area contributed by atoms with Gasteiger partial charge in [-0.05, 0) is 27.7 Å². The second-order valence-corrected chi connectivity index (χ2v) is 5.16. The first-order valence-corrected chi connectivity index (χ1v) is 6.83. The van der Waals surface area contributed by atoms with Crippen molar-refractivity contribution in [2.75, 3.05) is 0 Å². The van der Waals surface area contributed by atoms with Gasteiger partial charge in [-0.1, -0.05) is 0 Å². The normalized spacial score (nSPS) is 14.6. The van der Waals surface area contributed by atoms with Crippen LogP contribution in [0.4, 0.5) is 0 Å². The van der Waals surface area contributed by atoms with Crippen molar-refractivity contribution in [2.45, 2.75) is 58.3 Å². The molecule has 0 fully saturated rings. The van der Waals surface area contributed by atoms with Crippen molar-refractivity contribution in [1.82, 2.24) is 10.6 Å². The van der Waals surface area contributed by atoms with E-state index in [1.807, 2.05) is 0 Å². The van der Waals surface area contributed by atoms with Crippen molar-refractivity contribution < 1.29 is 29.0 Å². The smallest absolute Gasteiger partial charge is 0.328 e. The van der Waals surface area contributed by atoms with Crippen LogP contribution in [0.3, 0.4) is 0 Å². The molecule has 0 spiro atoms. The first-order chi connectivity index (χ1) is 10.0. The molecule has 0 aliphatic carbocycles. The molecule has 0 aliphatic heterocycles. The fourth-order valence-corrected chi connectivity index (χ4v) is 1.39. The van der Waals surface area contributed by atoms with Crippen molar-refractivity contribution in [3.63, 3.8) is 0 Å². The number of carboxylic acid groups (broad SMARTS) is 1. The summed E-state index contributed by atoms with van der Waals surface area (Å²) in [6, 6.07) is -3.20. The van der Waals surface area contributed by atoms with Crippen molar-refractivity contribution in [1.29, 1.82) is 0 Å². The highest BCUT2D eigenvalue weighted by atomic mass is 16.5. The Morgan fingerprint density at radius 2 is 1.59 bits per heavy atom. The molecule has 0 aliphatic rings. The third-order valence-corrected chi connectivity index (χ3v) is 2.49. The molecule has 0 saturated carbocycles. The van der Waals surface area contributed by atoms with Crippen molar-refractivity contribution in [3.05, 3.63) is 0 Å². The number of nitrogens with two attached hydrogens (primary N) is 1. The monoisotopic (exact) mass is 317 g/mol. The van der Waals surface area contributed by atoms with Gasteiger partial charge in [0.05, 0.1) is 18.6 Å². The fourth-order valence-electron chi connectivity index (χ4n) is 1.39. The molecule has 0 aromatic heterocycles. The number of rotatable bonds is 8. The highest BCUT2D eigenvalue weighted by Gasteiger charge is 2.28. The minimum atomic E-state index is -1.33. The number of carbonyl (C=O) groups is 4. The number of amides is 2. The molecular weight excluding hydrogens is 294 g/mol. The molecule has 0 heterocycles. The highest BCUT2D eigenvalue weighted by molar-refractivity contribution is 5.93. The second kappa shape index (κ2) is 8.98. The number of nitrogens with one attached hydrogen (secondary N) is 2. The zero-order valence-electron chi connectivity index (χ0n) is 13.1. The van der Waals surface area contributed by atoms with Crippen molar-refractivity contribution in [2.24, 2.45) is 5.73 Å². The predicted octanol–water partition coefficient (Wildman–Crippen LogP) is -1.25. The molecule has 9 nitrogen and oxygen atoms in total. The number of carboxylic acids is 1. The zero-order valence-corrected chi connectivity index (χ0v) is 13.1. The fraction of sp³-hybridized carbons (Fsp3) is 0.692. The van der Waals surface area contributed by atoms with Crippen LogP contribution in [-0.4, -0.2) is 53.1 Å². The zero-order chi connectivity index (χ0) is 17.4. The molecule has 0 saturated heterocycles. The van der Waals surface area contributed by atoms with Gasteiger partial charge in [0.25, 0.3) is 0 Å². The molecule has 5 N–H and O–H groups in total. The molecule has 0 aromatic rings. The quantitative estimate of drug-likeness (QED) is 0.409. The molecule has 2 amide bonds. The van der Waals surface area contributed by atoms with Gasteiger partial charge in [-0.25, -0.2) is 4.79 Å². The Hall–Kier alpha value is -2.16. The first kappa shape index (κ1) is 19.8. The van der Waals surface area contributed by atoms with Crippen molar-refractivity contribution >= 4 is 23.8 Å². The molecule has 3 atom stereocenters. The molecule has 126 valence electrons. The topological polar surface area (TPSA) is 148 Å². The Bertz CT molecular complexity index is 435. The molecular formula is C13H23N3O6. The summed E-state index contributed by atoms with van der Waals surface area (Å²) in [6.07, 6.45) is -0.976. The van der Waals surface area contributed by atoms with Gasteiger partial charge in [0.15, 0.2) is 0 Å². The summed E-state index contributed by atoms with van der Waals surface area (Å²) < 4.78 is 4.92. The van der Waals surface area contributed by atoms with Gasteiger partial charge in [-0.15, -0.1) is 0 Å². The Balaban J connectivity index is 4.78. The van der Waals surface area contributed by atoms with Crippen LogP contribution in [0.5, 0.6) is 0 Å². The maximum atomic E-state index is 12.0. The summed E-state index contributed by atoms with van der Waals surface area (Å²) in [5, 5.41) is 13.3. The third kappa shape index (κ3) is 7.58. The van der Waals surface area contributed by atoms with Gasteiger partial charge >= 0.3 is 11.9 Å². The highest BCUT2D eigenvalue weighted by Crippen LogP contribution is 1.98.